The van der Waals surface area contributed by atoms with Gasteiger partial charge < -0.3 is 5.11 Å². The van der Waals surface area contributed by atoms with Gasteiger partial charge in [0.05, 0.1) is 4.91 Å². The Morgan fingerprint density at radius 1 is 1.35 bits per heavy atom. The predicted octanol–water partition coefficient (Wildman–Crippen LogP) is 2.83. The minimum absolute atomic E-state index is 0.0620. The van der Waals surface area contributed by atoms with Gasteiger partial charge in [-0.1, -0.05) is 55.2 Å². The average Bonchev–Trinajstić information content (AvgIpc) is 2.72. The largest absolute Gasteiger partial charge is 0.396 e. The molecule has 20 heavy (non-hydrogen) atoms. The number of aliphatic hydroxyl groups is 1. The van der Waals surface area contributed by atoms with Gasteiger partial charge in [0.15, 0.2) is 0 Å². The first-order valence-corrected chi connectivity index (χ1v) is 7.83. The van der Waals surface area contributed by atoms with Crippen LogP contribution >= 0.6 is 24.0 Å². The zero-order valence-electron chi connectivity index (χ0n) is 11.3. The fourth-order valence-electron chi connectivity index (χ4n) is 1.92. The molecular weight excluding hydrogens is 290 g/mol. The number of benzene rings is 1. The van der Waals surface area contributed by atoms with E-state index >= 15 is 0 Å². The molecule has 1 N–H and O–H groups in total. The maximum Gasteiger partial charge on any atom is 0.266 e. The molecule has 1 aliphatic rings. The van der Waals surface area contributed by atoms with E-state index in [-0.39, 0.29) is 12.5 Å². The van der Waals surface area contributed by atoms with Crippen molar-refractivity contribution in [3.05, 3.63) is 40.3 Å². The number of hydrogen-bond donors (Lipinski definition) is 1. The molecule has 1 saturated heterocycles. The van der Waals surface area contributed by atoms with Gasteiger partial charge in [-0.3, -0.25) is 9.69 Å². The smallest absolute Gasteiger partial charge is 0.266 e. The molecule has 0 saturated carbocycles. The van der Waals surface area contributed by atoms with Crippen LogP contribution in [0.15, 0.2) is 29.2 Å². The molecule has 2 rings (SSSR count). The molecule has 5 heteroatoms. The molecule has 1 aromatic rings. The van der Waals surface area contributed by atoms with Gasteiger partial charge in [0, 0.05) is 13.2 Å². The Balaban J connectivity index is 2.14. The van der Waals surface area contributed by atoms with Gasteiger partial charge in [0.2, 0.25) is 0 Å². The van der Waals surface area contributed by atoms with E-state index in [9.17, 15) is 4.79 Å². The van der Waals surface area contributed by atoms with Crippen LogP contribution in [0.3, 0.4) is 0 Å². The topological polar surface area (TPSA) is 40.5 Å². The molecule has 1 heterocycles. The zero-order valence-corrected chi connectivity index (χ0v) is 13.0. The summed E-state index contributed by atoms with van der Waals surface area (Å²) in [5, 5.41) is 8.85. The summed E-state index contributed by atoms with van der Waals surface area (Å²) in [5.41, 5.74) is 2.28. The van der Waals surface area contributed by atoms with Gasteiger partial charge in [0.1, 0.15) is 4.32 Å². The lowest BCUT2D eigenvalue weighted by atomic mass is 10.1. The van der Waals surface area contributed by atoms with E-state index in [0.29, 0.717) is 22.2 Å². The van der Waals surface area contributed by atoms with Crippen molar-refractivity contribution in [1.29, 1.82) is 0 Å². The van der Waals surface area contributed by atoms with Crippen LogP contribution in [-0.2, 0) is 11.2 Å². The van der Waals surface area contributed by atoms with Gasteiger partial charge in [-0.05, 0) is 30.0 Å². The lowest BCUT2D eigenvalue weighted by Crippen LogP contribution is -2.29. The van der Waals surface area contributed by atoms with E-state index in [0.717, 1.165) is 12.0 Å². The summed E-state index contributed by atoms with van der Waals surface area (Å²) in [7, 11) is 0. The summed E-state index contributed by atoms with van der Waals surface area (Å²) in [4.78, 5) is 14.4. The number of thiocarbonyl (C=S) groups is 1. The molecule has 106 valence electrons. The molecule has 0 spiro atoms. The molecule has 1 aliphatic heterocycles. The number of aryl methyl sites for hydroxylation is 1. The standard InChI is InChI=1S/C15H17NO2S2/c1-2-11-4-6-12(7-5-11)10-13-14(18)16(8-3-9-17)15(19)20-13/h4-7,10,17H,2-3,8-9H2,1H3/b13-10-. The molecular formula is C15H17NO2S2. The van der Waals surface area contributed by atoms with Crippen LogP contribution in [0.5, 0.6) is 0 Å². The fourth-order valence-corrected chi connectivity index (χ4v) is 3.23. The van der Waals surface area contributed by atoms with Crippen molar-refractivity contribution in [1.82, 2.24) is 4.90 Å². The Bertz CT molecular complexity index is 537. The summed E-state index contributed by atoms with van der Waals surface area (Å²) in [6.07, 6.45) is 3.42. The second kappa shape index (κ2) is 7.02. The Labute approximate surface area is 128 Å². The number of hydrogen-bond acceptors (Lipinski definition) is 4. The van der Waals surface area contributed by atoms with Crippen LogP contribution in [0, 0.1) is 0 Å². The summed E-state index contributed by atoms with van der Waals surface area (Å²) in [5.74, 6) is -0.0620. The third-order valence-electron chi connectivity index (χ3n) is 3.10. The highest BCUT2D eigenvalue weighted by Crippen LogP contribution is 2.32. The molecule has 0 radical (unpaired) electrons. The van der Waals surface area contributed by atoms with Crippen LogP contribution in [0.4, 0.5) is 0 Å². The molecule has 0 atom stereocenters. The molecule has 1 fully saturated rings. The van der Waals surface area contributed by atoms with Gasteiger partial charge in [0.25, 0.3) is 5.91 Å². The zero-order chi connectivity index (χ0) is 14.5. The van der Waals surface area contributed by atoms with Crippen LogP contribution in [-0.4, -0.2) is 33.4 Å². The molecule has 0 bridgehead atoms. The van der Waals surface area contributed by atoms with Crippen molar-refractivity contribution in [3.8, 4) is 0 Å². The number of rotatable bonds is 5. The number of nitrogens with zero attached hydrogens (tertiary/aromatic N) is 1. The van der Waals surface area contributed by atoms with E-state index in [4.69, 9.17) is 17.3 Å². The van der Waals surface area contributed by atoms with Crippen molar-refractivity contribution in [2.24, 2.45) is 0 Å². The number of aliphatic hydroxyl groups excluding tert-OH is 1. The fraction of sp³-hybridized carbons (Fsp3) is 0.333. The van der Waals surface area contributed by atoms with Crippen molar-refractivity contribution in [3.63, 3.8) is 0 Å². The summed E-state index contributed by atoms with van der Waals surface area (Å²) < 4.78 is 0.569. The van der Waals surface area contributed by atoms with Crippen LogP contribution in [0.25, 0.3) is 6.08 Å². The second-order valence-electron chi connectivity index (χ2n) is 4.51. The minimum Gasteiger partial charge on any atom is -0.396 e. The first-order chi connectivity index (χ1) is 9.65. The molecule has 3 nitrogen and oxygen atoms in total. The monoisotopic (exact) mass is 307 g/mol. The van der Waals surface area contributed by atoms with Crippen LogP contribution in [0.1, 0.15) is 24.5 Å². The minimum atomic E-state index is -0.0620. The number of carbonyl (C=O) groups is 1. The van der Waals surface area contributed by atoms with Crippen LogP contribution in [0.2, 0.25) is 0 Å². The van der Waals surface area contributed by atoms with Crippen molar-refractivity contribution in [2.75, 3.05) is 13.2 Å². The number of thioether (sulfide) groups is 1. The highest BCUT2D eigenvalue weighted by atomic mass is 32.2. The maximum atomic E-state index is 12.2. The molecule has 1 amide bonds. The molecule has 0 aromatic heterocycles. The Hall–Kier alpha value is -1.17. The van der Waals surface area contributed by atoms with E-state index < -0.39 is 0 Å². The highest BCUT2D eigenvalue weighted by Gasteiger charge is 2.31. The Morgan fingerprint density at radius 2 is 2.05 bits per heavy atom. The quantitative estimate of drug-likeness (QED) is 0.671. The van der Waals surface area contributed by atoms with E-state index in [1.165, 1.54) is 17.3 Å². The normalized spacial score (nSPS) is 17.3. The first kappa shape index (κ1) is 15.2. The Morgan fingerprint density at radius 3 is 2.65 bits per heavy atom. The lowest BCUT2D eigenvalue weighted by Gasteiger charge is -2.12. The van der Waals surface area contributed by atoms with Crippen molar-refractivity contribution in [2.45, 2.75) is 19.8 Å². The molecule has 0 unspecified atom stereocenters. The molecule has 0 aliphatic carbocycles. The second-order valence-corrected chi connectivity index (χ2v) is 6.18. The predicted molar refractivity (Wildman–Crippen MR) is 87.4 cm³/mol. The van der Waals surface area contributed by atoms with E-state index in [1.807, 2.05) is 18.2 Å². The van der Waals surface area contributed by atoms with Crippen molar-refractivity contribution < 1.29 is 9.90 Å². The summed E-state index contributed by atoms with van der Waals surface area (Å²) in [6, 6.07) is 8.16. The van der Waals surface area contributed by atoms with E-state index in [1.54, 1.807) is 4.90 Å². The van der Waals surface area contributed by atoms with Gasteiger partial charge in [-0.2, -0.15) is 0 Å². The van der Waals surface area contributed by atoms with Gasteiger partial charge in [-0.25, -0.2) is 0 Å². The lowest BCUT2D eigenvalue weighted by molar-refractivity contribution is -0.122. The van der Waals surface area contributed by atoms with E-state index in [2.05, 4.69) is 19.1 Å². The van der Waals surface area contributed by atoms with Crippen molar-refractivity contribution >= 4 is 40.3 Å². The Kier molecular flexibility index (Phi) is 5.34. The van der Waals surface area contributed by atoms with Crippen LogP contribution < -0.4 is 0 Å². The van der Waals surface area contributed by atoms with Gasteiger partial charge >= 0.3 is 0 Å². The summed E-state index contributed by atoms with van der Waals surface area (Å²) in [6.45, 7) is 2.66. The van der Waals surface area contributed by atoms with Gasteiger partial charge in [-0.15, -0.1) is 0 Å². The number of carbonyl (C=O) groups excluding carboxylic acids is 1. The average molecular weight is 307 g/mol. The molecule has 1 aromatic carbocycles. The maximum absolute atomic E-state index is 12.2. The number of amides is 1. The third kappa shape index (κ3) is 3.48. The summed E-state index contributed by atoms with van der Waals surface area (Å²) >= 11 is 6.53. The highest BCUT2D eigenvalue weighted by molar-refractivity contribution is 8.26. The first-order valence-electron chi connectivity index (χ1n) is 6.61. The third-order valence-corrected chi connectivity index (χ3v) is 4.48. The SMILES string of the molecule is CCc1ccc(/C=C2\SC(=S)N(CCCO)C2=O)cc1.